The first-order chi connectivity index (χ1) is 9.20. The molecule has 1 atom stereocenters. The van der Waals surface area contributed by atoms with Crippen LogP contribution < -0.4 is 5.73 Å². The molecule has 4 heteroatoms. The summed E-state index contributed by atoms with van der Waals surface area (Å²) in [5.41, 5.74) is 7.75. The number of carbonyl (C=O) groups excluding carboxylic acids is 1. The maximum absolute atomic E-state index is 12.2. The number of carbonyl (C=O) groups is 1. The molecule has 0 saturated carbocycles. The van der Waals surface area contributed by atoms with Crippen LogP contribution in [0.25, 0.3) is 0 Å². The Morgan fingerprint density at radius 2 is 2.16 bits per heavy atom. The molecular weight excluding hydrogens is 240 g/mol. The number of likely N-dealkylation sites (N-methyl/N-ethyl adjacent to an activating group) is 1. The van der Waals surface area contributed by atoms with Crippen molar-refractivity contribution in [3.8, 4) is 0 Å². The zero-order valence-corrected chi connectivity index (χ0v) is 11.5. The van der Waals surface area contributed by atoms with Crippen LogP contribution in [-0.2, 0) is 22.5 Å². The average molecular weight is 262 g/mol. The summed E-state index contributed by atoms with van der Waals surface area (Å²) in [7, 11) is 1.84. The molecule has 1 aliphatic rings. The highest BCUT2D eigenvalue weighted by atomic mass is 16.5. The van der Waals surface area contributed by atoms with Gasteiger partial charge in [0.2, 0.25) is 5.91 Å². The largest absolute Gasteiger partial charge is 0.376 e. The summed E-state index contributed by atoms with van der Waals surface area (Å²) in [4.78, 5) is 14.0. The van der Waals surface area contributed by atoms with Gasteiger partial charge in [0.25, 0.3) is 0 Å². The molecule has 1 amide bonds. The number of nitrogens with two attached hydrogens (primary N) is 1. The molecule has 1 aliphatic heterocycles. The summed E-state index contributed by atoms with van der Waals surface area (Å²) in [6.07, 6.45) is 2.77. The van der Waals surface area contributed by atoms with E-state index in [-0.39, 0.29) is 12.0 Å². The minimum Gasteiger partial charge on any atom is -0.376 e. The minimum atomic E-state index is 0.122. The Morgan fingerprint density at radius 3 is 2.79 bits per heavy atom. The highest BCUT2D eigenvalue weighted by molar-refractivity contribution is 5.78. The summed E-state index contributed by atoms with van der Waals surface area (Å²) in [6.45, 7) is 1.98. The molecule has 2 N–H and O–H groups in total. The van der Waals surface area contributed by atoms with E-state index in [1.54, 1.807) is 4.90 Å². The van der Waals surface area contributed by atoms with Crippen LogP contribution in [0.4, 0.5) is 0 Å². The number of ether oxygens (including phenoxy) is 1. The van der Waals surface area contributed by atoms with Crippen molar-refractivity contribution in [2.45, 2.75) is 31.9 Å². The molecule has 0 aromatic heterocycles. The quantitative estimate of drug-likeness (QED) is 0.871. The van der Waals surface area contributed by atoms with Gasteiger partial charge in [0, 0.05) is 26.7 Å². The molecule has 0 radical (unpaired) electrons. The SMILES string of the molecule is CN(CC1CCCO1)C(=O)Cc1ccccc1CN. The van der Waals surface area contributed by atoms with Crippen LogP contribution in [0.2, 0.25) is 0 Å². The Hall–Kier alpha value is -1.39. The Balaban J connectivity index is 1.92. The van der Waals surface area contributed by atoms with E-state index in [2.05, 4.69) is 0 Å². The molecule has 19 heavy (non-hydrogen) atoms. The van der Waals surface area contributed by atoms with Gasteiger partial charge < -0.3 is 15.4 Å². The molecular formula is C15H22N2O2. The van der Waals surface area contributed by atoms with Crippen LogP contribution in [0.3, 0.4) is 0 Å². The minimum absolute atomic E-state index is 0.122. The van der Waals surface area contributed by atoms with Crippen molar-refractivity contribution in [2.24, 2.45) is 5.73 Å². The molecule has 0 bridgehead atoms. The Morgan fingerprint density at radius 1 is 1.42 bits per heavy atom. The Kier molecular flexibility index (Phi) is 4.93. The van der Waals surface area contributed by atoms with Gasteiger partial charge in [-0.3, -0.25) is 4.79 Å². The molecule has 1 aromatic rings. The fourth-order valence-electron chi connectivity index (χ4n) is 2.42. The fraction of sp³-hybridized carbons (Fsp3) is 0.533. The van der Waals surface area contributed by atoms with E-state index in [0.29, 0.717) is 19.5 Å². The van der Waals surface area contributed by atoms with Crippen molar-refractivity contribution in [1.82, 2.24) is 4.90 Å². The van der Waals surface area contributed by atoms with Gasteiger partial charge in [-0.05, 0) is 24.0 Å². The van der Waals surface area contributed by atoms with E-state index in [1.807, 2.05) is 31.3 Å². The van der Waals surface area contributed by atoms with Gasteiger partial charge in [0.1, 0.15) is 0 Å². The van der Waals surface area contributed by atoms with Gasteiger partial charge in [-0.2, -0.15) is 0 Å². The van der Waals surface area contributed by atoms with Crippen LogP contribution in [0.15, 0.2) is 24.3 Å². The van der Waals surface area contributed by atoms with Crippen molar-refractivity contribution in [1.29, 1.82) is 0 Å². The van der Waals surface area contributed by atoms with E-state index in [9.17, 15) is 4.79 Å². The topological polar surface area (TPSA) is 55.6 Å². The molecule has 1 fully saturated rings. The lowest BCUT2D eigenvalue weighted by Crippen LogP contribution is -2.35. The summed E-state index contributed by atoms with van der Waals surface area (Å²) >= 11 is 0. The number of hydrogen-bond acceptors (Lipinski definition) is 3. The van der Waals surface area contributed by atoms with Crippen molar-refractivity contribution < 1.29 is 9.53 Å². The van der Waals surface area contributed by atoms with E-state index < -0.39 is 0 Å². The highest BCUT2D eigenvalue weighted by Gasteiger charge is 2.20. The van der Waals surface area contributed by atoms with Gasteiger partial charge in [-0.1, -0.05) is 24.3 Å². The molecule has 4 nitrogen and oxygen atoms in total. The lowest BCUT2D eigenvalue weighted by Gasteiger charge is -2.21. The van der Waals surface area contributed by atoms with Crippen LogP contribution in [0.1, 0.15) is 24.0 Å². The van der Waals surface area contributed by atoms with E-state index in [1.165, 1.54) is 0 Å². The Bertz CT molecular complexity index is 428. The number of rotatable bonds is 5. The van der Waals surface area contributed by atoms with Crippen LogP contribution in [-0.4, -0.2) is 37.1 Å². The lowest BCUT2D eigenvalue weighted by atomic mass is 10.0. The second-order valence-electron chi connectivity index (χ2n) is 5.06. The summed E-state index contributed by atoms with van der Waals surface area (Å²) in [5, 5.41) is 0. The normalized spacial score (nSPS) is 18.5. The molecule has 2 rings (SSSR count). The molecule has 1 saturated heterocycles. The number of amides is 1. The molecule has 1 heterocycles. The van der Waals surface area contributed by atoms with Crippen LogP contribution >= 0.6 is 0 Å². The summed E-state index contributed by atoms with van der Waals surface area (Å²) in [6, 6.07) is 7.84. The van der Waals surface area contributed by atoms with Gasteiger partial charge in [0.15, 0.2) is 0 Å². The van der Waals surface area contributed by atoms with Crippen molar-refractivity contribution >= 4 is 5.91 Å². The average Bonchev–Trinajstić information content (AvgIpc) is 2.92. The fourth-order valence-corrected chi connectivity index (χ4v) is 2.42. The second-order valence-corrected chi connectivity index (χ2v) is 5.06. The van der Waals surface area contributed by atoms with E-state index in [0.717, 1.165) is 30.6 Å². The molecule has 0 spiro atoms. The van der Waals surface area contributed by atoms with Crippen molar-refractivity contribution in [3.05, 3.63) is 35.4 Å². The predicted molar refractivity (Wildman–Crippen MR) is 74.6 cm³/mol. The number of nitrogens with zero attached hydrogens (tertiary/aromatic N) is 1. The van der Waals surface area contributed by atoms with Crippen LogP contribution in [0, 0.1) is 0 Å². The first-order valence-electron chi connectivity index (χ1n) is 6.83. The zero-order valence-electron chi connectivity index (χ0n) is 11.5. The van der Waals surface area contributed by atoms with Gasteiger partial charge in [-0.25, -0.2) is 0 Å². The third kappa shape index (κ3) is 3.78. The molecule has 104 valence electrons. The van der Waals surface area contributed by atoms with E-state index in [4.69, 9.17) is 10.5 Å². The van der Waals surface area contributed by atoms with Gasteiger partial charge in [-0.15, -0.1) is 0 Å². The summed E-state index contributed by atoms with van der Waals surface area (Å²) in [5.74, 6) is 0.122. The molecule has 1 aromatic carbocycles. The van der Waals surface area contributed by atoms with Crippen molar-refractivity contribution in [2.75, 3.05) is 20.2 Å². The van der Waals surface area contributed by atoms with Gasteiger partial charge in [0.05, 0.1) is 12.5 Å². The third-order valence-electron chi connectivity index (χ3n) is 3.61. The van der Waals surface area contributed by atoms with Crippen molar-refractivity contribution in [3.63, 3.8) is 0 Å². The van der Waals surface area contributed by atoms with E-state index >= 15 is 0 Å². The number of hydrogen-bond donors (Lipinski definition) is 1. The van der Waals surface area contributed by atoms with Crippen LogP contribution in [0.5, 0.6) is 0 Å². The smallest absolute Gasteiger partial charge is 0.226 e. The Labute approximate surface area is 114 Å². The maximum Gasteiger partial charge on any atom is 0.226 e. The second kappa shape index (κ2) is 6.68. The third-order valence-corrected chi connectivity index (χ3v) is 3.61. The first kappa shape index (κ1) is 14.0. The molecule has 0 aliphatic carbocycles. The standard InChI is InChI=1S/C15H22N2O2/c1-17(11-14-7-4-8-19-14)15(18)9-12-5-2-3-6-13(12)10-16/h2-3,5-6,14H,4,7-11,16H2,1H3. The first-order valence-corrected chi connectivity index (χ1v) is 6.83. The number of benzene rings is 1. The maximum atomic E-state index is 12.2. The predicted octanol–water partition coefficient (Wildman–Crippen LogP) is 1.33. The monoisotopic (exact) mass is 262 g/mol. The zero-order chi connectivity index (χ0) is 13.7. The molecule has 1 unspecified atom stereocenters. The lowest BCUT2D eigenvalue weighted by molar-refractivity contribution is -0.130. The van der Waals surface area contributed by atoms with Gasteiger partial charge >= 0.3 is 0 Å². The summed E-state index contributed by atoms with van der Waals surface area (Å²) < 4.78 is 5.55. The highest BCUT2D eigenvalue weighted by Crippen LogP contribution is 2.14.